The maximum Gasteiger partial charge on any atom is 0.255 e. The van der Waals surface area contributed by atoms with Crippen molar-refractivity contribution in [2.45, 2.75) is 6.92 Å². The number of hydrogen-bond donors (Lipinski definition) is 2. The standard InChI is InChI=1S/C15H15FN2O2/c1-9-3-6-13(11(16)7-9)18-15(19)10-4-5-12(17)14(8-10)20-2/h3-8H,17H2,1-2H3,(H,18,19). The van der Waals surface area contributed by atoms with Gasteiger partial charge in [-0.25, -0.2) is 4.39 Å². The Hall–Kier alpha value is -2.56. The fraction of sp³-hybridized carbons (Fsp3) is 0.133. The highest BCUT2D eigenvalue weighted by Crippen LogP contribution is 2.23. The van der Waals surface area contributed by atoms with Gasteiger partial charge in [0.25, 0.3) is 5.91 Å². The Bertz CT molecular complexity index is 656. The fourth-order valence-corrected chi connectivity index (χ4v) is 1.77. The predicted octanol–water partition coefficient (Wildman–Crippen LogP) is 2.98. The normalized spacial score (nSPS) is 10.2. The SMILES string of the molecule is COc1cc(C(=O)Nc2ccc(C)cc2F)ccc1N. The number of aryl methyl sites for hydroxylation is 1. The minimum atomic E-state index is -0.472. The molecule has 0 aliphatic rings. The molecule has 0 fully saturated rings. The van der Waals surface area contributed by atoms with Crippen LogP contribution in [0.5, 0.6) is 5.75 Å². The van der Waals surface area contributed by atoms with E-state index in [4.69, 9.17) is 10.5 Å². The molecule has 1 amide bonds. The smallest absolute Gasteiger partial charge is 0.255 e. The second-order valence-corrected chi connectivity index (χ2v) is 4.39. The Morgan fingerprint density at radius 2 is 2.00 bits per heavy atom. The molecule has 0 unspecified atom stereocenters. The Morgan fingerprint density at radius 1 is 1.25 bits per heavy atom. The van der Waals surface area contributed by atoms with Gasteiger partial charge in [0.15, 0.2) is 0 Å². The number of rotatable bonds is 3. The van der Waals surface area contributed by atoms with Gasteiger partial charge in [-0.15, -0.1) is 0 Å². The summed E-state index contributed by atoms with van der Waals surface area (Å²) in [6, 6.07) is 9.24. The molecule has 0 bridgehead atoms. The predicted molar refractivity (Wildman–Crippen MR) is 76.5 cm³/mol. The molecule has 0 saturated heterocycles. The molecule has 2 aromatic carbocycles. The van der Waals surface area contributed by atoms with E-state index < -0.39 is 11.7 Å². The number of amides is 1. The lowest BCUT2D eigenvalue weighted by Gasteiger charge is -2.09. The van der Waals surface area contributed by atoms with Crippen molar-refractivity contribution in [1.82, 2.24) is 0 Å². The lowest BCUT2D eigenvalue weighted by atomic mass is 10.1. The first-order chi connectivity index (χ1) is 9.51. The van der Waals surface area contributed by atoms with Gasteiger partial charge in [0.2, 0.25) is 0 Å². The van der Waals surface area contributed by atoms with Crippen LogP contribution in [-0.2, 0) is 0 Å². The highest BCUT2D eigenvalue weighted by molar-refractivity contribution is 6.04. The van der Waals surface area contributed by atoms with Crippen molar-refractivity contribution in [2.75, 3.05) is 18.2 Å². The van der Waals surface area contributed by atoms with Gasteiger partial charge in [-0.1, -0.05) is 6.07 Å². The summed E-state index contributed by atoms with van der Waals surface area (Å²) in [6.45, 7) is 1.78. The molecule has 0 aromatic heterocycles. The van der Waals surface area contributed by atoms with Gasteiger partial charge in [-0.2, -0.15) is 0 Å². The van der Waals surface area contributed by atoms with Crippen molar-refractivity contribution in [1.29, 1.82) is 0 Å². The Kier molecular flexibility index (Phi) is 3.89. The topological polar surface area (TPSA) is 64.3 Å². The summed E-state index contributed by atoms with van der Waals surface area (Å²) in [5.41, 5.74) is 7.38. The van der Waals surface area contributed by atoms with E-state index in [1.54, 1.807) is 25.1 Å². The van der Waals surface area contributed by atoms with Crippen LogP contribution in [-0.4, -0.2) is 13.0 Å². The number of anilines is 2. The molecule has 20 heavy (non-hydrogen) atoms. The number of halogens is 1. The van der Waals surface area contributed by atoms with Crippen LogP contribution >= 0.6 is 0 Å². The maximum atomic E-state index is 13.7. The minimum Gasteiger partial charge on any atom is -0.495 e. The zero-order valence-corrected chi connectivity index (χ0v) is 11.2. The number of benzene rings is 2. The van der Waals surface area contributed by atoms with E-state index in [-0.39, 0.29) is 5.69 Å². The zero-order valence-electron chi connectivity index (χ0n) is 11.2. The van der Waals surface area contributed by atoms with Gasteiger partial charge in [0.05, 0.1) is 18.5 Å². The summed E-state index contributed by atoms with van der Waals surface area (Å²) >= 11 is 0. The Balaban J connectivity index is 2.24. The van der Waals surface area contributed by atoms with E-state index in [1.807, 2.05) is 0 Å². The third kappa shape index (κ3) is 2.88. The van der Waals surface area contributed by atoms with Crippen molar-refractivity contribution < 1.29 is 13.9 Å². The highest BCUT2D eigenvalue weighted by atomic mass is 19.1. The van der Waals surface area contributed by atoms with Crippen LogP contribution < -0.4 is 15.8 Å². The summed E-state index contributed by atoms with van der Waals surface area (Å²) in [5, 5.41) is 2.51. The van der Waals surface area contributed by atoms with E-state index in [9.17, 15) is 9.18 Å². The minimum absolute atomic E-state index is 0.136. The van der Waals surface area contributed by atoms with Crippen molar-refractivity contribution in [3.63, 3.8) is 0 Å². The van der Waals surface area contributed by atoms with E-state index in [0.29, 0.717) is 17.0 Å². The van der Waals surface area contributed by atoms with Gasteiger partial charge in [-0.05, 0) is 42.8 Å². The summed E-state index contributed by atoms with van der Waals surface area (Å²) in [5.74, 6) is -0.492. The van der Waals surface area contributed by atoms with E-state index >= 15 is 0 Å². The van der Waals surface area contributed by atoms with Crippen LogP contribution in [0.4, 0.5) is 15.8 Å². The van der Waals surface area contributed by atoms with Crippen LogP contribution in [0.3, 0.4) is 0 Å². The number of hydrogen-bond acceptors (Lipinski definition) is 3. The van der Waals surface area contributed by atoms with Crippen LogP contribution in [0, 0.1) is 12.7 Å². The summed E-state index contributed by atoms with van der Waals surface area (Å²) < 4.78 is 18.7. The Morgan fingerprint density at radius 3 is 2.65 bits per heavy atom. The van der Waals surface area contributed by atoms with Gasteiger partial charge in [0, 0.05) is 5.56 Å². The molecule has 0 heterocycles. The molecule has 104 valence electrons. The molecule has 3 N–H and O–H groups in total. The van der Waals surface area contributed by atoms with Crippen LogP contribution in [0.15, 0.2) is 36.4 Å². The van der Waals surface area contributed by atoms with Gasteiger partial charge < -0.3 is 15.8 Å². The third-order valence-corrected chi connectivity index (χ3v) is 2.87. The first kappa shape index (κ1) is 13.9. The second-order valence-electron chi connectivity index (χ2n) is 4.39. The number of ether oxygens (including phenoxy) is 1. The fourth-order valence-electron chi connectivity index (χ4n) is 1.77. The van der Waals surface area contributed by atoms with Crippen molar-refractivity contribution in [3.8, 4) is 5.75 Å². The lowest BCUT2D eigenvalue weighted by Crippen LogP contribution is -2.13. The molecule has 0 atom stereocenters. The summed E-state index contributed by atoms with van der Waals surface area (Å²) in [6.07, 6.45) is 0. The molecule has 4 nitrogen and oxygen atoms in total. The van der Waals surface area contributed by atoms with Crippen LogP contribution in [0.2, 0.25) is 0 Å². The Labute approximate surface area is 116 Å². The molecule has 0 radical (unpaired) electrons. The number of nitrogen functional groups attached to an aromatic ring is 1. The number of carbonyl (C=O) groups is 1. The molecular weight excluding hydrogens is 259 g/mol. The first-order valence-electron chi connectivity index (χ1n) is 6.02. The van der Waals surface area contributed by atoms with E-state index in [1.165, 1.54) is 25.3 Å². The first-order valence-corrected chi connectivity index (χ1v) is 6.02. The average Bonchev–Trinajstić information content (AvgIpc) is 2.42. The third-order valence-electron chi connectivity index (χ3n) is 2.87. The number of carbonyl (C=O) groups excluding carboxylic acids is 1. The summed E-state index contributed by atoms with van der Waals surface area (Å²) in [7, 11) is 1.47. The van der Waals surface area contributed by atoms with E-state index in [2.05, 4.69) is 5.32 Å². The van der Waals surface area contributed by atoms with Gasteiger partial charge in [0.1, 0.15) is 11.6 Å². The van der Waals surface area contributed by atoms with E-state index in [0.717, 1.165) is 5.56 Å². The lowest BCUT2D eigenvalue weighted by molar-refractivity contribution is 0.102. The van der Waals surface area contributed by atoms with Crippen molar-refractivity contribution in [2.24, 2.45) is 0 Å². The summed E-state index contributed by atoms with van der Waals surface area (Å²) in [4.78, 5) is 12.1. The second kappa shape index (κ2) is 5.61. The van der Waals surface area contributed by atoms with Gasteiger partial charge >= 0.3 is 0 Å². The molecule has 2 aromatic rings. The van der Waals surface area contributed by atoms with Gasteiger partial charge in [-0.3, -0.25) is 4.79 Å². The molecular formula is C15H15FN2O2. The maximum absolute atomic E-state index is 13.7. The molecule has 2 rings (SSSR count). The number of nitrogens with two attached hydrogens (primary N) is 1. The quantitative estimate of drug-likeness (QED) is 0.846. The average molecular weight is 274 g/mol. The number of methoxy groups -OCH3 is 1. The van der Waals surface area contributed by atoms with Crippen molar-refractivity contribution >= 4 is 17.3 Å². The molecule has 0 aliphatic heterocycles. The largest absolute Gasteiger partial charge is 0.495 e. The monoisotopic (exact) mass is 274 g/mol. The van der Waals surface area contributed by atoms with Crippen LogP contribution in [0.25, 0.3) is 0 Å². The van der Waals surface area contributed by atoms with Crippen molar-refractivity contribution in [3.05, 3.63) is 53.3 Å². The molecule has 0 saturated carbocycles. The molecule has 0 aliphatic carbocycles. The highest BCUT2D eigenvalue weighted by Gasteiger charge is 2.11. The molecule has 0 spiro atoms. The molecule has 5 heteroatoms. The zero-order chi connectivity index (χ0) is 14.7. The number of nitrogens with one attached hydrogen (secondary N) is 1. The van der Waals surface area contributed by atoms with Crippen LogP contribution in [0.1, 0.15) is 15.9 Å².